The van der Waals surface area contributed by atoms with E-state index >= 15 is 0 Å². The van der Waals surface area contributed by atoms with Gasteiger partial charge in [0.1, 0.15) is 12.1 Å². The highest BCUT2D eigenvalue weighted by Crippen LogP contribution is 2.19. The first-order valence-corrected chi connectivity index (χ1v) is 11.6. The number of aliphatic carboxylic acids is 2. The fourth-order valence-electron chi connectivity index (χ4n) is 3.81. The molecular weight excluding hydrogens is 432 g/mol. The van der Waals surface area contributed by atoms with Crippen LogP contribution in [0.1, 0.15) is 59.3 Å². The van der Waals surface area contributed by atoms with E-state index in [2.05, 4.69) is 16.0 Å². The zero-order valence-corrected chi connectivity index (χ0v) is 19.8. The molecule has 1 saturated heterocycles. The van der Waals surface area contributed by atoms with Gasteiger partial charge in [0.25, 0.3) is 0 Å². The van der Waals surface area contributed by atoms with Gasteiger partial charge in [0.15, 0.2) is 0 Å². The minimum Gasteiger partial charge on any atom is -0.481 e. The van der Waals surface area contributed by atoms with Crippen LogP contribution in [0.15, 0.2) is 0 Å². The maximum absolute atomic E-state index is 12.5. The van der Waals surface area contributed by atoms with Crippen molar-refractivity contribution in [1.82, 2.24) is 20.9 Å². The molecule has 0 aromatic carbocycles. The molecular formula is C22H38N4O7. The highest BCUT2D eigenvalue weighted by molar-refractivity contribution is 5.94. The van der Waals surface area contributed by atoms with Crippen LogP contribution in [0.4, 0.5) is 0 Å². The van der Waals surface area contributed by atoms with Crippen LogP contribution >= 0.6 is 0 Å². The largest absolute Gasteiger partial charge is 0.481 e. The lowest BCUT2D eigenvalue weighted by Crippen LogP contribution is -2.55. The molecule has 0 aliphatic carbocycles. The summed E-state index contributed by atoms with van der Waals surface area (Å²) in [6.07, 6.45) is 3.49. The van der Waals surface area contributed by atoms with Crippen molar-refractivity contribution in [1.29, 1.82) is 0 Å². The van der Waals surface area contributed by atoms with Gasteiger partial charge in [0.2, 0.25) is 17.7 Å². The first-order chi connectivity index (χ1) is 15.5. The Labute approximate surface area is 194 Å². The van der Waals surface area contributed by atoms with Gasteiger partial charge in [-0.2, -0.15) is 0 Å². The van der Waals surface area contributed by atoms with E-state index in [1.165, 1.54) is 4.90 Å². The van der Waals surface area contributed by atoms with Crippen molar-refractivity contribution < 1.29 is 34.2 Å². The van der Waals surface area contributed by atoms with E-state index in [0.29, 0.717) is 18.9 Å². The van der Waals surface area contributed by atoms with Gasteiger partial charge in [-0.25, -0.2) is 4.79 Å². The molecule has 1 aliphatic rings. The molecule has 188 valence electrons. The fraction of sp³-hybridized carbons (Fsp3) is 0.773. The van der Waals surface area contributed by atoms with Crippen LogP contribution in [0.25, 0.3) is 0 Å². The fourth-order valence-corrected chi connectivity index (χ4v) is 3.81. The molecule has 0 radical (unpaired) electrons. The number of carbonyl (C=O) groups excluding carboxylic acids is 3. The summed E-state index contributed by atoms with van der Waals surface area (Å²) < 4.78 is 0. The monoisotopic (exact) mass is 470 g/mol. The smallest absolute Gasteiger partial charge is 0.326 e. The zero-order chi connectivity index (χ0) is 25.0. The number of likely N-dealkylation sites (N-methyl/N-ethyl adjacent to an activating group) is 1. The Hall–Kier alpha value is -2.69. The Morgan fingerprint density at radius 1 is 1.06 bits per heavy atom. The molecule has 11 nitrogen and oxygen atoms in total. The molecule has 0 bridgehead atoms. The predicted octanol–water partition coefficient (Wildman–Crippen LogP) is 0.190. The van der Waals surface area contributed by atoms with Crippen molar-refractivity contribution >= 4 is 29.7 Å². The SMILES string of the molecule is CCN(CC(=O)N[C@@H](CC(=O)O)C(=O)N[C@H](C(=O)O)C(C)C)C(=O)CCCC1CCNCC1. The summed E-state index contributed by atoms with van der Waals surface area (Å²) in [4.78, 5) is 61.4. The van der Waals surface area contributed by atoms with Gasteiger partial charge in [-0.3, -0.25) is 19.2 Å². The molecule has 1 heterocycles. The standard InChI is InChI=1S/C22H38N4O7/c1-4-26(18(28)7-5-6-15-8-10-23-11-9-15)13-17(27)24-16(12-19(29)30)21(31)25-20(14(2)3)22(32)33/h14-16,20,23H,4-13H2,1-3H3,(H,24,27)(H,25,31)(H,29,30)(H,32,33)/t16-,20-/m0/s1. The lowest BCUT2D eigenvalue weighted by atomic mass is 9.92. The van der Waals surface area contributed by atoms with Gasteiger partial charge in [0.05, 0.1) is 13.0 Å². The molecule has 0 aromatic heterocycles. The van der Waals surface area contributed by atoms with Gasteiger partial charge in [-0.1, -0.05) is 13.8 Å². The number of hydrogen-bond acceptors (Lipinski definition) is 6. The van der Waals surface area contributed by atoms with Crippen molar-refractivity contribution in [3.8, 4) is 0 Å². The lowest BCUT2D eigenvalue weighted by molar-refractivity contribution is -0.144. The maximum Gasteiger partial charge on any atom is 0.326 e. The number of piperidine rings is 1. The first kappa shape index (κ1) is 28.3. The summed E-state index contributed by atoms with van der Waals surface area (Å²) in [5, 5.41) is 26.3. The Morgan fingerprint density at radius 3 is 2.21 bits per heavy atom. The van der Waals surface area contributed by atoms with E-state index in [9.17, 15) is 29.1 Å². The van der Waals surface area contributed by atoms with Crippen LogP contribution in [0, 0.1) is 11.8 Å². The predicted molar refractivity (Wildman–Crippen MR) is 120 cm³/mol. The summed E-state index contributed by atoms with van der Waals surface area (Å²) in [7, 11) is 0. The molecule has 2 atom stereocenters. The third-order valence-electron chi connectivity index (χ3n) is 5.79. The van der Waals surface area contributed by atoms with Gasteiger partial charge in [0, 0.05) is 13.0 Å². The van der Waals surface area contributed by atoms with Gasteiger partial charge in [-0.05, 0) is 57.5 Å². The molecule has 3 amide bonds. The van der Waals surface area contributed by atoms with Crippen molar-refractivity contribution in [2.45, 2.75) is 71.4 Å². The molecule has 33 heavy (non-hydrogen) atoms. The van der Waals surface area contributed by atoms with E-state index in [1.807, 2.05) is 0 Å². The molecule has 0 saturated carbocycles. The molecule has 0 aromatic rings. The van der Waals surface area contributed by atoms with E-state index in [4.69, 9.17) is 5.11 Å². The Bertz CT molecular complexity index is 692. The molecule has 1 rings (SSSR count). The second-order valence-electron chi connectivity index (χ2n) is 8.78. The Morgan fingerprint density at radius 2 is 1.70 bits per heavy atom. The third kappa shape index (κ3) is 10.6. The van der Waals surface area contributed by atoms with Crippen LogP contribution in [-0.2, 0) is 24.0 Å². The molecule has 11 heteroatoms. The lowest BCUT2D eigenvalue weighted by Gasteiger charge is -2.25. The quantitative estimate of drug-likeness (QED) is 0.240. The van der Waals surface area contributed by atoms with Gasteiger partial charge < -0.3 is 31.1 Å². The van der Waals surface area contributed by atoms with Crippen LogP contribution in [-0.4, -0.2) is 83.0 Å². The van der Waals surface area contributed by atoms with Crippen molar-refractivity contribution in [2.75, 3.05) is 26.2 Å². The number of carboxylic acids is 2. The second-order valence-corrected chi connectivity index (χ2v) is 8.78. The van der Waals surface area contributed by atoms with Crippen LogP contribution in [0.2, 0.25) is 0 Å². The number of rotatable bonds is 14. The molecule has 5 N–H and O–H groups in total. The number of amides is 3. The number of nitrogens with zero attached hydrogens (tertiary/aromatic N) is 1. The summed E-state index contributed by atoms with van der Waals surface area (Å²) >= 11 is 0. The summed E-state index contributed by atoms with van der Waals surface area (Å²) in [5.74, 6) is -4.17. The van der Waals surface area contributed by atoms with Crippen LogP contribution < -0.4 is 16.0 Å². The minimum atomic E-state index is -1.45. The average Bonchev–Trinajstić information content (AvgIpc) is 2.75. The van der Waals surface area contributed by atoms with E-state index in [1.54, 1.807) is 20.8 Å². The first-order valence-electron chi connectivity index (χ1n) is 11.6. The van der Waals surface area contributed by atoms with E-state index < -0.39 is 48.2 Å². The number of carbonyl (C=O) groups is 5. The molecule has 1 aliphatic heterocycles. The highest BCUT2D eigenvalue weighted by Gasteiger charge is 2.30. The van der Waals surface area contributed by atoms with Crippen LogP contribution in [0.5, 0.6) is 0 Å². The topological polar surface area (TPSA) is 165 Å². The van der Waals surface area contributed by atoms with E-state index in [-0.39, 0.29) is 12.5 Å². The third-order valence-corrected chi connectivity index (χ3v) is 5.79. The number of hydrogen-bond donors (Lipinski definition) is 5. The van der Waals surface area contributed by atoms with Crippen molar-refractivity contribution in [2.24, 2.45) is 11.8 Å². The zero-order valence-electron chi connectivity index (χ0n) is 19.8. The summed E-state index contributed by atoms with van der Waals surface area (Å²) in [5.41, 5.74) is 0. The minimum absolute atomic E-state index is 0.174. The molecule has 1 fully saturated rings. The van der Waals surface area contributed by atoms with Crippen molar-refractivity contribution in [3.05, 3.63) is 0 Å². The highest BCUT2D eigenvalue weighted by atomic mass is 16.4. The average molecular weight is 471 g/mol. The van der Waals surface area contributed by atoms with Crippen LogP contribution in [0.3, 0.4) is 0 Å². The molecule has 0 spiro atoms. The Balaban J connectivity index is 2.63. The van der Waals surface area contributed by atoms with E-state index in [0.717, 1.165) is 38.8 Å². The van der Waals surface area contributed by atoms with Gasteiger partial charge >= 0.3 is 11.9 Å². The number of carboxylic acid groups (broad SMARTS) is 2. The molecule has 0 unspecified atom stereocenters. The maximum atomic E-state index is 12.5. The Kier molecular flexibility index (Phi) is 12.4. The summed E-state index contributed by atoms with van der Waals surface area (Å²) in [6, 6.07) is -2.68. The normalized spacial score (nSPS) is 16.0. The number of nitrogens with one attached hydrogen (secondary N) is 3. The second kappa shape index (κ2) is 14.5. The van der Waals surface area contributed by atoms with Crippen molar-refractivity contribution in [3.63, 3.8) is 0 Å². The van der Waals surface area contributed by atoms with Gasteiger partial charge in [-0.15, -0.1) is 0 Å². The summed E-state index contributed by atoms with van der Waals surface area (Å²) in [6.45, 7) is 6.91.